The molecule has 1 aromatic heterocycles. The molecule has 0 fully saturated rings. The Labute approximate surface area is 101 Å². The maximum Gasteiger partial charge on any atom is 0.0495 e. The van der Waals surface area contributed by atoms with Crippen LogP contribution < -0.4 is 5.32 Å². The summed E-state index contributed by atoms with van der Waals surface area (Å²) in [6, 6.07) is 8.19. The van der Waals surface area contributed by atoms with Gasteiger partial charge in [0.05, 0.1) is 0 Å². The van der Waals surface area contributed by atoms with Gasteiger partial charge in [-0.3, -0.25) is 0 Å². The first-order valence-corrected chi connectivity index (χ1v) is 6.08. The van der Waals surface area contributed by atoms with Gasteiger partial charge in [-0.05, 0) is 50.0 Å². The van der Waals surface area contributed by atoms with E-state index in [0.717, 1.165) is 18.1 Å². The van der Waals surface area contributed by atoms with Crippen molar-refractivity contribution in [2.75, 3.05) is 13.6 Å². The van der Waals surface area contributed by atoms with Gasteiger partial charge in [0.25, 0.3) is 0 Å². The molecular formula is C13H17ClN2. The van der Waals surface area contributed by atoms with E-state index in [0.29, 0.717) is 0 Å². The molecule has 0 atom stereocenters. The smallest absolute Gasteiger partial charge is 0.0495 e. The van der Waals surface area contributed by atoms with Gasteiger partial charge in [0.1, 0.15) is 0 Å². The maximum atomic E-state index is 6.01. The normalized spacial score (nSPS) is 11.1. The number of halogens is 1. The number of hydrogen-bond acceptors (Lipinski definition) is 1. The van der Waals surface area contributed by atoms with Crippen LogP contribution in [0.4, 0.5) is 0 Å². The third kappa shape index (κ3) is 2.57. The number of hydrogen-bond donors (Lipinski definition) is 1. The summed E-state index contributed by atoms with van der Waals surface area (Å²) in [7, 11) is 1.99. The minimum atomic E-state index is 0.808. The SMILES string of the molecule is CNCCCCn1ccc2ccc(Cl)cc21. The van der Waals surface area contributed by atoms with Gasteiger partial charge in [-0.15, -0.1) is 0 Å². The van der Waals surface area contributed by atoms with E-state index >= 15 is 0 Å². The summed E-state index contributed by atoms with van der Waals surface area (Å²) in [4.78, 5) is 0. The standard InChI is InChI=1S/C13H17ClN2/c1-15-7-2-3-8-16-9-6-11-4-5-12(14)10-13(11)16/h4-6,9-10,15H,2-3,7-8H2,1H3. The quantitative estimate of drug-likeness (QED) is 0.789. The monoisotopic (exact) mass is 236 g/mol. The lowest BCUT2D eigenvalue weighted by atomic mass is 10.2. The van der Waals surface area contributed by atoms with Crippen molar-refractivity contribution in [1.82, 2.24) is 9.88 Å². The zero-order valence-corrected chi connectivity index (χ0v) is 10.3. The second-order valence-corrected chi connectivity index (χ2v) is 4.46. The van der Waals surface area contributed by atoms with Gasteiger partial charge in [0.2, 0.25) is 0 Å². The number of nitrogens with one attached hydrogen (secondary N) is 1. The molecule has 0 aliphatic carbocycles. The van der Waals surface area contributed by atoms with Gasteiger partial charge in [-0.2, -0.15) is 0 Å². The van der Waals surface area contributed by atoms with Crippen molar-refractivity contribution in [1.29, 1.82) is 0 Å². The molecule has 2 aromatic rings. The summed E-state index contributed by atoms with van der Waals surface area (Å²) < 4.78 is 2.27. The number of aromatic nitrogens is 1. The van der Waals surface area contributed by atoms with E-state index < -0.39 is 0 Å². The van der Waals surface area contributed by atoms with Crippen molar-refractivity contribution in [2.24, 2.45) is 0 Å². The lowest BCUT2D eigenvalue weighted by molar-refractivity contribution is 0.603. The van der Waals surface area contributed by atoms with Crippen LogP contribution in [0.3, 0.4) is 0 Å². The fourth-order valence-corrected chi connectivity index (χ4v) is 2.10. The van der Waals surface area contributed by atoms with Crippen LogP contribution in [0.2, 0.25) is 5.02 Å². The van der Waals surface area contributed by atoms with Crippen molar-refractivity contribution in [3.8, 4) is 0 Å². The topological polar surface area (TPSA) is 17.0 Å². The third-order valence-electron chi connectivity index (χ3n) is 2.81. The highest BCUT2D eigenvalue weighted by atomic mass is 35.5. The first kappa shape index (κ1) is 11.5. The molecule has 1 aromatic carbocycles. The molecule has 0 unspecified atom stereocenters. The highest BCUT2D eigenvalue weighted by Crippen LogP contribution is 2.20. The summed E-state index contributed by atoms with van der Waals surface area (Å²) >= 11 is 6.01. The van der Waals surface area contributed by atoms with Crippen molar-refractivity contribution in [3.05, 3.63) is 35.5 Å². The van der Waals surface area contributed by atoms with Crippen LogP contribution in [0.5, 0.6) is 0 Å². The number of benzene rings is 1. The highest BCUT2D eigenvalue weighted by Gasteiger charge is 2.01. The Hall–Kier alpha value is -0.990. The molecule has 86 valence electrons. The molecule has 3 heteroatoms. The van der Waals surface area contributed by atoms with Gasteiger partial charge >= 0.3 is 0 Å². The number of unbranched alkanes of at least 4 members (excludes halogenated alkanes) is 1. The van der Waals surface area contributed by atoms with Crippen LogP contribution in [0, 0.1) is 0 Å². The van der Waals surface area contributed by atoms with Crippen molar-refractivity contribution in [3.63, 3.8) is 0 Å². The average Bonchev–Trinajstić information content (AvgIpc) is 2.67. The van der Waals surface area contributed by atoms with E-state index in [-0.39, 0.29) is 0 Å². The predicted molar refractivity (Wildman–Crippen MR) is 70.1 cm³/mol. The molecular weight excluding hydrogens is 220 g/mol. The molecule has 2 rings (SSSR count). The molecule has 0 amide bonds. The number of fused-ring (bicyclic) bond motifs is 1. The summed E-state index contributed by atoms with van der Waals surface area (Å²) in [5, 5.41) is 5.23. The third-order valence-corrected chi connectivity index (χ3v) is 3.05. The van der Waals surface area contributed by atoms with Crippen molar-refractivity contribution in [2.45, 2.75) is 19.4 Å². The molecule has 0 radical (unpaired) electrons. The van der Waals surface area contributed by atoms with Gasteiger partial charge in [0, 0.05) is 23.3 Å². The summed E-state index contributed by atoms with van der Waals surface area (Å²) in [5.41, 5.74) is 1.23. The van der Waals surface area contributed by atoms with E-state index in [1.165, 1.54) is 23.7 Å². The van der Waals surface area contributed by atoms with Gasteiger partial charge in [-0.1, -0.05) is 17.7 Å². The van der Waals surface area contributed by atoms with Crippen molar-refractivity contribution >= 4 is 22.5 Å². The average molecular weight is 237 g/mol. The molecule has 0 saturated carbocycles. The van der Waals surface area contributed by atoms with E-state index in [2.05, 4.69) is 28.2 Å². The summed E-state index contributed by atoms with van der Waals surface area (Å²) in [6.07, 6.45) is 4.54. The van der Waals surface area contributed by atoms with E-state index in [9.17, 15) is 0 Å². The Morgan fingerprint density at radius 3 is 2.94 bits per heavy atom. The Morgan fingerprint density at radius 2 is 2.12 bits per heavy atom. The molecule has 0 spiro atoms. The fourth-order valence-electron chi connectivity index (χ4n) is 1.94. The largest absolute Gasteiger partial charge is 0.347 e. The van der Waals surface area contributed by atoms with Gasteiger partial charge in [0.15, 0.2) is 0 Å². The highest BCUT2D eigenvalue weighted by molar-refractivity contribution is 6.31. The van der Waals surface area contributed by atoms with Crippen LogP contribution in [0.15, 0.2) is 30.5 Å². The first-order valence-electron chi connectivity index (χ1n) is 5.70. The molecule has 0 saturated heterocycles. The Morgan fingerprint density at radius 1 is 1.25 bits per heavy atom. The van der Waals surface area contributed by atoms with E-state index in [1.807, 2.05) is 19.2 Å². The maximum absolute atomic E-state index is 6.01. The van der Waals surface area contributed by atoms with Crippen LogP contribution in [0.1, 0.15) is 12.8 Å². The summed E-state index contributed by atoms with van der Waals surface area (Å²) in [6.45, 7) is 2.14. The lowest BCUT2D eigenvalue weighted by Gasteiger charge is -2.05. The molecule has 16 heavy (non-hydrogen) atoms. The molecule has 0 bridgehead atoms. The minimum Gasteiger partial charge on any atom is -0.347 e. The lowest BCUT2D eigenvalue weighted by Crippen LogP contribution is -2.08. The zero-order chi connectivity index (χ0) is 11.4. The Balaban J connectivity index is 2.09. The molecule has 1 N–H and O–H groups in total. The zero-order valence-electron chi connectivity index (χ0n) is 9.54. The van der Waals surface area contributed by atoms with Gasteiger partial charge in [-0.25, -0.2) is 0 Å². The van der Waals surface area contributed by atoms with Crippen LogP contribution in [-0.4, -0.2) is 18.2 Å². The second kappa shape index (κ2) is 5.37. The number of nitrogens with zero attached hydrogens (tertiary/aromatic N) is 1. The first-order chi connectivity index (χ1) is 7.81. The second-order valence-electron chi connectivity index (χ2n) is 4.02. The van der Waals surface area contributed by atoms with E-state index in [1.54, 1.807) is 0 Å². The Bertz CT molecular complexity index is 462. The predicted octanol–water partition coefficient (Wildman–Crippen LogP) is 3.29. The molecule has 0 aliphatic rings. The fraction of sp³-hybridized carbons (Fsp3) is 0.385. The molecule has 2 nitrogen and oxygen atoms in total. The minimum absolute atomic E-state index is 0.808. The number of aryl methyl sites for hydroxylation is 1. The van der Waals surface area contributed by atoms with Gasteiger partial charge < -0.3 is 9.88 Å². The summed E-state index contributed by atoms with van der Waals surface area (Å²) in [5.74, 6) is 0. The van der Waals surface area contributed by atoms with E-state index in [4.69, 9.17) is 11.6 Å². The van der Waals surface area contributed by atoms with Crippen LogP contribution in [0.25, 0.3) is 10.9 Å². The molecule has 1 heterocycles. The van der Waals surface area contributed by atoms with Crippen LogP contribution >= 0.6 is 11.6 Å². The molecule has 0 aliphatic heterocycles. The van der Waals surface area contributed by atoms with Crippen LogP contribution in [-0.2, 0) is 6.54 Å². The Kier molecular flexibility index (Phi) is 3.86. The number of rotatable bonds is 5. The van der Waals surface area contributed by atoms with Crippen molar-refractivity contribution < 1.29 is 0 Å².